The molecular weight excluding hydrogens is 295 g/mol. The van der Waals surface area contributed by atoms with Crippen molar-refractivity contribution >= 4 is 5.91 Å². The van der Waals surface area contributed by atoms with Gasteiger partial charge < -0.3 is 4.90 Å². The van der Waals surface area contributed by atoms with Gasteiger partial charge in [0.1, 0.15) is 6.33 Å². The molecule has 0 aliphatic carbocycles. The average Bonchev–Trinajstić information content (AvgIpc) is 2.53. The second-order valence-electron chi connectivity index (χ2n) is 4.80. The Hall–Kier alpha value is -2.44. The zero-order valence-corrected chi connectivity index (χ0v) is 12.0. The van der Waals surface area contributed by atoms with Crippen molar-refractivity contribution < 1.29 is 18.0 Å². The molecule has 2 aromatic rings. The molecule has 22 heavy (non-hydrogen) atoms. The Morgan fingerprint density at radius 3 is 2.32 bits per heavy atom. The van der Waals surface area contributed by atoms with E-state index in [1.165, 1.54) is 23.4 Å². The Kier molecular flexibility index (Phi) is 4.44. The van der Waals surface area contributed by atoms with E-state index in [1.54, 1.807) is 26.2 Å². The quantitative estimate of drug-likeness (QED) is 0.873. The lowest BCUT2D eigenvalue weighted by Gasteiger charge is -2.24. The summed E-state index contributed by atoms with van der Waals surface area (Å²) in [5, 5.41) is 0. The van der Waals surface area contributed by atoms with E-state index in [4.69, 9.17) is 0 Å². The van der Waals surface area contributed by atoms with Crippen LogP contribution >= 0.6 is 0 Å². The second-order valence-corrected chi connectivity index (χ2v) is 4.80. The monoisotopic (exact) mass is 309 g/mol. The highest BCUT2D eigenvalue weighted by Gasteiger charge is 2.30. The fourth-order valence-corrected chi connectivity index (χ4v) is 1.93. The van der Waals surface area contributed by atoms with E-state index in [0.717, 1.165) is 12.1 Å². The van der Waals surface area contributed by atoms with Gasteiger partial charge in [-0.1, -0.05) is 0 Å². The summed E-state index contributed by atoms with van der Waals surface area (Å²) in [6.45, 7) is 1.78. The predicted molar refractivity (Wildman–Crippen MR) is 74.0 cm³/mol. The van der Waals surface area contributed by atoms with Crippen molar-refractivity contribution in [1.29, 1.82) is 0 Å². The lowest BCUT2D eigenvalue weighted by Crippen LogP contribution is -2.30. The number of nitrogens with zero attached hydrogens (tertiary/aromatic N) is 3. The van der Waals surface area contributed by atoms with Crippen LogP contribution < -0.4 is 0 Å². The summed E-state index contributed by atoms with van der Waals surface area (Å²) in [5.74, 6) is -0.375. The molecule has 116 valence electrons. The first-order valence-electron chi connectivity index (χ1n) is 6.51. The summed E-state index contributed by atoms with van der Waals surface area (Å²) in [6.07, 6.45) is -1.47. The number of aromatic nitrogens is 2. The molecule has 1 aromatic carbocycles. The standard InChI is InChI=1S/C15H14F3N3O/c1-10(13-7-8-19-9-20-13)21(2)14(22)11-3-5-12(6-4-11)15(16,17)18/h3-10H,1-2H3. The molecule has 1 heterocycles. The first-order valence-corrected chi connectivity index (χ1v) is 6.51. The van der Waals surface area contributed by atoms with E-state index < -0.39 is 11.7 Å². The summed E-state index contributed by atoms with van der Waals surface area (Å²) in [7, 11) is 1.58. The molecule has 2 rings (SSSR count). The Morgan fingerprint density at radius 2 is 1.82 bits per heavy atom. The number of hydrogen-bond acceptors (Lipinski definition) is 3. The summed E-state index contributed by atoms with van der Waals surface area (Å²) >= 11 is 0. The zero-order chi connectivity index (χ0) is 16.3. The van der Waals surface area contributed by atoms with Crippen LogP contribution in [0.4, 0.5) is 13.2 Å². The molecule has 0 saturated heterocycles. The van der Waals surface area contributed by atoms with Gasteiger partial charge in [-0.3, -0.25) is 4.79 Å². The molecule has 0 radical (unpaired) electrons. The fraction of sp³-hybridized carbons (Fsp3) is 0.267. The number of alkyl halides is 3. The molecule has 0 aliphatic rings. The molecule has 0 N–H and O–H groups in total. The van der Waals surface area contributed by atoms with Crippen LogP contribution in [0.15, 0.2) is 42.9 Å². The first kappa shape index (κ1) is 15.9. The summed E-state index contributed by atoms with van der Waals surface area (Å²) in [5.41, 5.74) is 0.0599. The van der Waals surface area contributed by atoms with Crippen LogP contribution in [0.3, 0.4) is 0 Å². The topological polar surface area (TPSA) is 46.1 Å². The highest BCUT2D eigenvalue weighted by atomic mass is 19.4. The van der Waals surface area contributed by atoms with Gasteiger partial charge in [0.25, 0.3) is 5.91 Å². The Bertz CT molecular complexity index is 641. The minimum absolute atomic E-state index is 0.191. The van der Waals surface area contributed by atoms with E-state index in [2.05, 4.69) is 9.97 Å². The highest BCUT2D eigenvalue weighted by molar-refractivity contribution is 5.94. The van der Waals surface area contributed by atoms with Crippen molar-refractivity contribution in [1.82, 2.24) is 14.9 Å². The minimum Gasteiger partial charge on any atom is -0.333 e. The van der Waals surface area contributed by atoms with Gasteiger partial charge in [-0.05, 0) is 37.3 Å². The van der Waals surface area contributed by atoms with E-state index >= 15 is 0 Å². The molecule has 7 heteroatoms. The van der Waals surface area contributed by atoms with Crippen LogP contribution in [0.5, 0.6) is 0 Å². The van der Waals surface area contributed by atoms with E-state index in [1.807, 2.05) is 0 Å². The van der Waals surface area contributed by atoms with Gasteiger partial charge >= 0.3 is 6.18 Å². The predicted octanol–water partition coefficient (Wildman–Crippen LogP) is 3.33. The summed E-state index contributed by atoms with van der Waals surface area (Å²) in [6, 6.07) is 5.51. The lowest BCUT2D eigenvalue weighted by molar-refractivity contribution is -0.137. The number of halogens is 3. The maximum atomic E-state index is 12.5. The van der Waals surface area contributed by atoms with Crippen molar-refractivity contribution in [2.24, 2.45) is 0 Å². The van der Waals surface area contributed by atoms with Gasteiger partial charge in [0.05, 0.1) is 17.3 Å². The van der Waals surface area contributed by atoms with E-state index in [0.29, 0.717) is 5.69 Å². The average molecular weight is 309 g/mol. The van der Waals surface area contributed by atoms with Crippen LogP contribution in [0, 0.1) is 0 Å². The number of benzene rings is 1. The van der Waals surface area contributed by atoms with Gasteiger partial charge in [-0.15, -0.1) is 0 Å². The highest BCUT2D eigenvalue weighted by Crippen LogP contribution is 2.29. The SMILES string of the molecule is CC(c1ccncn1)N(C)C(=O)c1ccc(C(F)(F)F)cc1. The third kappa shape index (κ3) is 3.41. The third-order valence-corrected chi connectivity index (χ3v) is 3.39. The van der Waals surface area contributed by atoms with Gasteiger partial charge in [-0.2, -0.15) is 13.2 Å². The molecule has 1 atom stereocenters. The molecule has 0 fully saturated rings. The largest absolute Gasteiger partial charge is 0.416 e. The molecule has 0 saturated carbocycles. The third-order valence-electron chi connectivity index (χ3n) is 3.39. The van der Waals surface area contributed by atoms with Crippen molar-refractivity contribution in [3.05, 3.63) is 59.7 Å². The van der Waals surface area contributed by atoms with Gasteiger partial charge in [0.2, 0.25) is 0 Å². The fourth-order valence-electron chi connectivity index (χ4n) is 1.93. The number of carbonyl (C=O) groups excluding carboxylic acids is 1. The van der Waals surface area contributed by atoms with Crippen LogP contribution in [-0.4, -0.2) is 27.8 Å². The smallest absolute Gasteiger partial charge is 0.333 e. The van der Waals surface area contributed by atoms with Crippen molar-refractivity contribution in [2.45, 2.75) is 19.1 Å². The first-order chi connectivity index (χ1) is 10.3. The van der Waals surface area contributed by atoms with E-state index in [9.17, 15) is 18.0 Å². The molecule has 0 aliphatic heterocycles. The maximum absolute atomic E-state index is 12.5. The molecule has 1 unspecified atom stereocenters. The molecule has 0 spiro atoms. The molecule has 1 amide bonds. The van der Waals surface area contributed by atoms with Gasteiger partial charge in [0, 0.05) is 18.8 Å². The number of hydrogen-bond donors (Lipinski definition) is 0. The van der Waals surface area contributed by atoms with E-state index in [-0.39, 0.29) is 17.5 Å². The summed E-state index contributed by atoms with van der Waals surface area (Å²) in [4.78, 5) is 21.6. The second kappa shape index (κ2) is 6.13. The van der Waals surface area contributed by atoms with Crippen LogP contribution in [-0.2, 0) is 6.18 Å². The molecule has 0 bridgehead atoms. The molecule has 1 aromatic heterocycles. The Labute approximate surface area is 125 Å². The molecular formula is C15H14F3N3O. The minimum atomic E-state index is -4.41. The lowest BCUT2D eigenvalue weighted by atomic mass is 10.1. The number of rotatable bonds is 3. The maximum Gasteiger partial charge on any atom is 0.416 e. The van der Waals surface area contributed by atoms with Crippen molar-refractivity contribution in [3.63, 3.8) is 0 Å². The van der Waals surface area contributed by atoms with Crippen LogP contribution in [0.25, 0.3) is 0 Å². The Morgan fingerprint density at radius 1 is 1.18 bits per heavy atom. The Balaban J connectivity index is 2.17. The van der Waals surface area contributed by atoms with Crippen LogP contribution in [0.2, 0.25) is 0 Å². The number of carbonyl (C=O) groups is 1. The summed E-state index contributed by atoms with van der Waals surface area (Å²) < 4.78 is 37.6. The van der Waals surface area contributed by atoms with Gasteiger partial charge in [-0.25, -0.2) is 9.97 Å². The number of amides is 1. The normalized spacial score (nSPS) is 12.8. The van der Waals surface area contributed by atoms with Crippen LogP contribution in [0.1, 0.15) is 34.6 Å². The zero-order valence-electron chi connectivity index (χ0n) is 12.0. The van der Waals surface area contributed by atoms with Gasteiger partial charge in [0.15, 0.2) is 0 Å². The molecule has 4 nitrogen and oxygen atoms in total. The van der Waals surface area contributed by atoms with Crippen molar-refractivity contribution in [2.75, 3.05) is 7.05 Å². The van der Waals surface area contributed by atoms with Crippen molar-refractivity contribution in [3.8, 4) is 0 Å².